The quantitative estimate of drug-likeness (QED) is 0.230. The number of rotatable bonds is 8. The lowest BCUT2D eigenvalue weighted by atomic mass is 9.97. The van der Waals surface area contributed by atoms with Crippen LogP contribution in [0, 0.1) is 11.7 Å². The number of carbonyl (C=O) groups is 2. The van der Waals surface area contributed by atoms with E-state index in [1.807, 2.05) is 0 Å². The van der Waals surface area contributed by atoms with Crippen LogP contribution in [0.1, 0.15) is 35.3 Å². The maximum Gasteiger partial charge on any atom is 0.309 e. The smallest absolute Gasteiger partial charge is 0.309 e. The van der Waals surface area contributed by atoms with Gasteiger partial charge in [0.05, 0.1) is 24.0 Å². The minimum Gasteiger partial charge on any atom is -0.466 e. The normalized spacial score (nSPS) is 14.0. The topological polar surface area (TPSA) is 103 Å². The number of hydrogen-bond donors (Lipinski definition) is 0. The SMILES string of the molecule is CCOC(=O)C1CCN(C(=O)c2csc(CSc3nnc(-c4ccncc4)n3-c3ccccc3F)n2)CC1. The van der Waals surface area contributed by atoms with Crippen molar-refractivity contribution in [1.29, 1.82) is 0 Å². The van der Waals surface area contributed by atoms with E-state index in [-0.39, 0.29) is 17.8 Å². The van der Waals surface area contributed by atoms with Crippen molar-refractivity contribution in [1.82, 2.24) is 29.6 Å². The Morgan fingerprint density at radius 2 is 1.89 bits per heavy atom. The molecular weight excluding hydrogens is 527 g/mol. The molecule has 1 aliphatic rings. The lowest BCUT2D eigenvalue weighted by Crippen LogP contribution is -2.40. The second-order valence-corrected chi connectivity index (χ2v) is 10.4. The fourth-order valence-corrected chi connectivity index (χ4v) is 5.97. The number of amides is 1. The molecule has 0 bridgehead atoms. The molecule has 4 aromatic rings. The number of carbonyl (C=O) groups excluding carboxylic acids is 2. The largest absolute Gasteiger partial charge is 0.466 e. The first-order valence-corrected chi connectivity index (χ1v) is 14.1. The number of aromatic nitrogens is 5. The monoisotopic (exact) mass is 552 g/mol. The van der Waals surface area contributed by atoms with E-state index in [1.54, 1.807) is 64.5 Å². The van der Waals surface area contributed by atoms with E-state index in [4.69, 9.17) is 4.74 Å². The van der Waals surface area contributed by atoms with Gasteiger partial charge in [0.25, 0.3) is 5.91 Å². The first-order valence-electron chi connectivity index (χ1n) is 12.2. The van der Waals surface area contributed by atoms with Crippen molar-refractivity contribution in [2.75, 3.05) is 19.7 Å². The second-order valence-electron chi connectivity index (χ2n) is 8.56. The van der Waals surface area contributed by atoms with Gasteiger partial charge in [-0.1, -0.05) is 23.9 Å². The highest BCUT2D eigenvalue weighted by atomic mass is 32.2. The van der Waals surface area contributed by atoms with E-state index in [1.165, 1.54) is 29.2 Å². The van der Waals surface area contributed by atoms with Gasteiger partial charge in [0.2, 0.25) is 0 Å². The second kappa shape index (κ2) is 11.8. The zero-order valence-corrected chi connectivity index (χ0v) is 22.3. The van der Waals surface area contributed by atoms with Gasteiger partial charge < -0.3 is 9.64 Å². The standard InChI is InChI=1S/C26H25FN6O3S2/c1-2-36-25(35)18-9-13-32(14-10-18)24(34)20-15-37-22(29-20)16-38-26-31-30-23(17-7-11-28-12-8-17)33(26)21-6-4-3-5-19(21)27/h3-8,11-12,15,18H,2,9-10,13-14,16H2,1H3. The Labute approximate surface area is 227 Å². The van der Waals surface area contributed by atoms with E-state index in [0.717, 1.165) is 10.6 Å². The summed E-state index contributed by atoms with van der Waals surface area (Å²) >= 11 is 2.75. The average molecular weight is 553 g/mol. The molecule has 3 aromatic heterocycles. The third-order valence-corrected chi connectivity index (χ3v) is 8.13. The minimum absolute atomic E-state index is 0.144. The van der Waals surface area contributed by atoms with Gasteiger partial charge in [0.15, 0.2) is 11.0 Å². The molecule has 38 heavy (non-hydrogen) atoms. The number of thioether (sulfide) groups is 1. The highest BCUT2D eigenvalue weighted by Crippen LogP contribution is 2.31. The van der Waals surface area contributed by atoms with Crippen molar-refractivity contribution in [2.45, 2.75) is 30.7 Å². The number of thiazole rings is 1. The number of likely N-dealkylation sites (tertiary alicyclic amines) is 1. The lowest BCUT2D eigenvalue weighted by Gasteiger charge is -2.30. The molecule has 0 unspecified atom stereocenters. The third-order valence-electron chi connectivity index (χ3n) is 6.16. The lowest BCUT2D eigenvalue weighted by molar-refractivity contribution is -0.149. The first-order chi connectivity index (χ1) is 18.5. The fourth-order valence-electron chi connectivity index (χ4n) is 4.24. The van der Waals surface area contributed by atoms with Gasteiger partial charge in [-0.2, -0.15) is 0 Å². The molecule has 12 heteroatoms. The number of benzene rings is 1. The molecule has 0 N–H and O–H groups in total. The third kappa shape index (κ3) is 5.60. The van der Waals surface area contributed by atoms with Crippen LogP contribution in [0.15, 0.2) is 59.3 Å². The molecular formula is C26H25FN6O3S2. The number of hydrogen-bond acceptors (Lipinski definition) is 9. The van der Waals surface area contributed by atoms with E-state index in [2.05, 4.69) is 20.2 Å². The van der Waals surface area contributed by atoms with Gasteiger partial charge in [0.1, 0.15) is 16.5 Å². The molecule has 0 atom stereocenters. The zero-order chi connectivity index (χ0) is 26.5. The number of halogens is 1. The summed E-state index contributed by atoms with van der Waals surface area (Å²) in [7, 11) is 0. The van der Waals surface area contributed by atoms with E-state index in [0.29, 0.717) is 60.7 Å². The van der Waals surface area contributed by atoms with Gasteiger partial charge in [-0.05, 0) is 44.0 Å². The van der Waals surface area contributed by atoms with Crippen LogP contribution < -0.4 is 0 Å². The van der Waals surface area contributed by atoms with Gasteiger partial charge in [-0.25, -0.2) is 9.37 Å². The van der Waals surface area contributed by atoms with Crippen LogP contribution >= 0.6 is 23.1 Å². The maximum atomic E-state index is 14.8. The van der Waals surface area contributed by atoms with Crippen LogP contribution in [-0.4, -0.2) is 61.2 Å². The van der Waals surface area contributed by atoms with Gasteiger partial charge in [-0.3, -0.25) is 19.1 Å². The number of esters is 1. The number of para-hydroxylation sites is 1. The number of nitrogens with zero attached hydrogens (tertiary/aromatic N) is 6. The maximum absolute atomic E-state index is 14.8. The van der Waals surface area contributed by atoms with Crippen molar-refractivity contribution in [3.63, 3.8) is 0 Å². The van der Waals surface area contributed by atoms with Crippen LogP contribution in [0.4, 0.5) is 4.39 Å². The number of pyridine rings is 1. The highest BCUT2D eigenvalue weighted by molar-refractivity contribution is 7.98. The summed E-state index contributed by atoms with van der Waals surface area (Å²) < 4.78 is 21.6. The minimum atomic E-state index is -0.390. The Morgan fingerprint density at radius 1 is 1.13 bits per heavy atom. The Bertz CT molecular complexity index is 1420. The summed E-state index contributed by atoms with van der Waals surface area (Å²) in [6.45, 7) is 3.14. The molecule has 1 aromatic carbocycles. The average Bonchev–Trinajstić information content (AvgIpc) is 3.60. The Balaban J connectivity index is 1.29. The summed E-state index contributed by atoms with van der Waals surface area (Å²) in [6.07, 6.45) is 4.47. The first kappa shape index (κ1) is 26.0. The molecule has 5 rings (SSSR count). The molecule has 9 nitrogen and oxygen atoms in total. The van der Waals surface area contributed by atoms with Gasteiger partial charge in [0, 0.05) is 36.4 Å². The molecule has 196 valence electrons. The molecule has 0 aliphatic carbocycles. The summed E-state index contributed by atoms with van der Waals surface area (Å²) in [5.74, 6) is 0.0493. The van der Waals surface area contributed by atoms with Crippen molar-refractivity contribution >= 4 is 35.0 Å². The van der Waals surface area contributed by atoms with Crippen molar-refractivity contribution in [2.24, 2.45) is 5.92 Å². The molecule has 1 saturated heterocycles. The molecule has 4 heterocycles. The molecule has 0 radical (unpaired) electrons. The predicted octanol–water partition coefficient (Wildman–Crippen LogP) is 4.63. The van der Waals surface area contributed by atoms with E-state index >= 15 is 0 Å². The van der Waals surface area contributed by atoms with Gasteiger partial charge in [-0.15, -0.1) is 21.5 Å². The van der Waals surface area contributed by atoms with E-state index < -0.39 is 5.82 Å². The summed E-state index contributed by atoms with van der Waals surface area (Å²) in [6, 6.07) is 10.1. The van der Waals surface area contributed by atoms with Crippen molar-refractivity contribution < 1.29 is 18.7 Å². The van der Waals surface area contributed by atoms with Crippen LogP contribution in [-0.2, 0) is 15.3 Å². The number of ether oxygens (including phenoxy) is 1. The van der Waals surface area contributed by atoms with Crippen molar-refractivity contribution in [3.05, 3.63) is 70.7 Å². The van der Waals surface area contributed by atoms with Crippen LogP contribution in [0.5, 0.6) is 0 Å². The van der Waals surface area contributed by atoms with Crippen LogP contribution in [0.25, 0.3) is 17.1 Å². The van der Waals surface area contributed by atoms with Crippen LogP contribution in [0.2, 0.25) is 0 Å². The highest BCUT2D eigenvalue weighted by Gasteiger charge is 2.29. The molecule has 0 saturated carbocycles. The summed E-state index contributed by atoms with van der Waals surface area (Å²) in [5.41, 5.74) is 1.48. The van der Waals surface area contributed by atoms with Crippen molar-refractivity contribution in [3.8, 4) is 17.1 Å². The van der Waals surface area contributed by atoms with Crippen LogP contribution in [0.3, 0.4) is 0 Å². The molecule has 0 spiro atoms. The van der Waals surface area contributed by atoms with Gasteiger partial charge >= 0.3 is 5.97 Å². The fraction of sp³-hybridized carbons (Fsp3) is 0.308. The van der Waals surface area contributed by atoms with E-state index in [9.17, 15) is 14.0 Å². The zero-order valence-electron chi connectivity index (χ0n) is 20.6. The predicted molar refractivity (Wildman–Crippen MR) is 141 cm³/mol. The molecule has 1 fully saturated rings. The Hall–Kier alpha value is -3.64. The summed E-state index contributed by atoms with van der Waals surface area (Å²) in [4.78, 5) is 35.3. The Morgan fingerprint density at radius 3 is 2.63 bits per heavy atom. The summed E-state index contributed by atoms with van der Waals surface area (Å²) in [5, 5.41) is 11.7. The molecule has 1 amide bonds. The Kier molecular flexibility index (Phi) is 8.08. The number of piperidine rings is 1. The molecule has 1 aliphatic heterocycles.